The molecule has 5 rings (SSSR count). The first kappa shape index (κ1) is 22.1. The largest absolute Gasteiger partial charge is 0.485 e. The molecule has 0 fully saturated rings. The molecule has 8 heteroatoms. The molecule has 2 N–H and O–H groups in total. The molecule has 34 heavy (non-hydrogen) atoms. The summed E-state index contributed by atoms with van der Waals surface area (Å²) in [5.41, 5.74) is 2.97. The topological polar surface area (TPSA) is 93.6 Å². The molecule has 2 atom stereocenters. The number of carbonyl (C=O) groups excluding carboxylic acids is 1. The first-order valence-electron chi connectivity index (χ1n) is 11.0. The summed E-state index contributed by atoms with van der Waals surface area (Å²) >= 11 is 1.15. The van der Waals surface area contributed by atoms with Gasteiger partial charge in [-0.3, -0.25) is 9.78 Å². The van der Waals surface area contributed by atoms with Crippen molar-refractivity contribution in [3.8, 4) is 16.7 Å². The molecular weight excluding hydrogens is 450 g/mol. The van der Waals surface area contributed by atoms with Crippen molar-refractivity contribution in [3.05, 3.63) is 101 Å². The Morgan fingerprint density at radius 1 is 1.18 bits per heavy atom. The van der Waals surface area contributed by atoms with Crippen LogP contribution in [0.2, 0.25) is 0 Å². The van der Waals surface area contributed by atoms with Gasteiger partial charge in [-0.2, -0.15) is 0 Å². The molecule has 0 aliphatic carbocycles. The number of thiazole rings is 1. The van der Waals surface area contributed by atoms with Crippen molar-refractivity contribution in [3.63, 3.8) is 0 Å². The van der Waals surface area contributed by atoms with Gasteiger partial charge in [0.25, 0.3) is 11.1 Å². The molecule has 0 saturated heterocycles. The van der Waals surface area contributed by atoms with Gasteiger partial charge in [-0.25, -0.2) is 4.98 Å². The average molecular weight is 474 g/mol. The second kappa shape index (κ2) is 10.0. The molecule has 0 saturated carbocycles. The quantitative estimate of drug-likeness (QED) is 0.398. The second-order valence-electron chi connectivity index (χ2n) is 7.91. The molecule has 1 amide bonds. The van der Waals surface area contributed by atoms with Crippen LogP contribution in [0.15, 0.2) is 79.3 Å². The zero-order valence-electron chi connectivity index (χ0n) is 18.3. The minimum atomic E-state index is -0.490. The summed E-state index contributed by atoms with van der Waals surface area (Å²) < 4.78 is 12.1. The third-order valence-corrected chi connectivity index (χ3v) is 6.51. The number of hydrogen-bond donors (Lipinski definition) is 2. The van der Waals surface area contributed by atoms with E-state index in [4.69, 9.17) is 9.47 Å². The standard InChI is InChI=1S/C26H23N3O4S/c30-16-21(17-5-2-1-3-6-17)29-25(31)24-15-28-26(34-24)32-20-9-11-22-18(13-20)8-10-23(33-22)19-7-4-12-27-14-19/h1-7,9,11-15,21,23,30H,8,10,16H2,(H,29,31)/t21-,23?/m1/s1. The van der Waals surface area contributed by atoms with Crippen LogP contribution in [-0.4, -0.2) is 27.6 Å². The Kier molecular flexibility index (Phi) is 6.51. The Morgan fingerprint density at radius 3 is 2.85 bits per heavy atom. The maximum Gasteiger partial charge on any atom is 0.279 e. The van der Waals surface area contributed by atoms with Crippen LogP contribution in [0.1, 0.15) is 44.9 Å². The van der Waals surface area contributed by atoms with Crippen LogP contribution in [-0.2, 0) is 6.42 Å². The van der Waals surface area contributed by atoms with Crippen LogP contribution in [0, 0.1) is 0 Å². The number of aliphatic hydroxyl groups excluding tert-OH is 1. The summed E-state index contributed by atoms with van der Waals surface area (Å²) in [5.74, 6) is 1.17. The van der Waals surface area contributed by atoms with Crippen molar-refractivity contribution in [2.45, 2.75) is 25.0 Å². The number of pyridine rings is 1. The number of aliphatic hydroxyl groups is 1. The summed E-state index contributed by atoms with van der Waals surface area (Å²) in [4.78, 5) is 21.5. The first-order valence-corrected chi connectivity index (χ1v) is 11.8. The Balaban J connectivity index is 1.23. The number of nitrogens with zero attached hydrogens (tertiary/aromatic N) is 2. The number of fused-ring (bicyclic) bond motifs is 1. The number of nitrogens with one attached hydrogen (secondary N) is 1. The third kappa shape index (κ3) is 4.93. The molecule has 0 spiro atoms. The lowest BCUT2D eigenvalue weighted by Crippen LogP contribution is -2.30. The van der Waals surface area contributed by atoms with Gasteiger partial charge in [0.1, 0.15) is 22.5 Å². The van der Waals surface area contributed by atoms with E-state index in [1.807, 2.05) is 66.9 Å². The Morgan fingerprint density at radius 2 is 2.06 bits per heavy atom. The van der Waals surface area contributed by atoms with E-state index < -0.39 is 6.04 Å². The smallest absolute Gasteiger partial charge is 0.279 e. The van der Waals surface area contributed by atoms with Gasteiger partial charge in [-0.15, -0.1) is 0 Å². The van der Waals surface area contributed by atoms with Gasteiger partial charge in [0.05, 0.1) is 18.8 Å². The number of amides is 1. The summed E-state index contributed by atoms with van der Waals surface area (Å²) in [6, 6.07) is 18.5. The lowest BCUT2D eigenvalue weighted by Gasteiger charge is -2.26. The summed E-state index contributed by atoms with van der Waals surface area (Å²) in [6.07, 6.45) is 6.79. The van der Waals surface area contributed by atoms with Crippen LogP contribution in [0.5, 0.6) is 16.7 Å². The lowest BCUT2D eigenvalue weighted by molar-refractivity contribution is 0.0920. The number of hydrogen-bond acceptors (Lipinski definition) is 7. The van der Waals surface area contributed by atoms with Gasteiger partial charge in [-0.1, -0.05) is 47.7 Å². The molecular formula is C26H23N3O4S. The maximum atomic E-state index is 12.7. The van der Waals surface area contributed by atoms with E-state index >= 15 is 0 Å². The van der Waals surface area contributed by atoms with Crippen LogP contribution in [0.4, 0.5) is 0 Å². The molecule has 3 heterocycles. The molecule has 1 aliphatic rings. The molecule has 1 unspecified atom stereocenters. The summed E-state index contributed by atoms with van der Waals surface area (Å²) in [7, 11) is 0. The molecule has 2 aromatic heterocycles. The van der Waals surface area contributed by atoms with Gasteiger partial charge in [0.15, 0.2) is 0 Å². The minimum absolute atomic E-state index is 0.00775. The third-order valence-electron chi connectivity index (χ3n) is 5.64. The van der Waals surface area contributed by atoms with Crippen molar-refractivity contribution in [2.24, 2.45) is 0 Å². The molecule has 2 aromatic carbocycles. The highest BCUT2D eigenvalue weighted by atomic mass is 32.1. The minimum Gasteiger partial charge on any atom is -0.485 e. The molecule has 4 aromatic rings. The van der Waals surface area contributed by atoms with E-state index in [2.05, 4.69) is 15.3 Å². The van der Waals surface area contributed by atoms with Gasteiger partial charge in [0.2, 0.25) is 0 Å². The van der Waals surface area contributed by atoms with Crippen molar-refractivity contribution in [2.75, 3.05) is 6.61 Å². The highest BCUT2D eigenvalue weighted by Crippen LogP contribution is 2.37. The number of aryl methyl sites for hydroxylation is 1. The SMILES string of the molecule is O=C(N[C@H](CO)c1ccccc1)c1cnc(Oc2ccc3c(c2)CCC(c2cccnc2)O3)s1. The lowest BCUT2D eigenvalue weighted by atomic mass is 9.98. The summed E-state index contributed by atoms with van der Waals surface area (Å²) in [5, 5.41) is 12.9. The fourth-order valence-electron chi connectivity index (χ4n) is 3.89. The number of aromatic nitrogens is 2. The van der Waals surface area contributed by atoms with Gasteiger partial charge < -0.3 is 19.9 Å². The predicted octanol–water partition coefficient (Wildman–Crippen LogP) is 4.86. The van der Waals surface area contributed by atoms with Crippen molar-refractivity contribution >= 4 is 17.2 Å². The van der Waals surface area contributed by atoms with Gasteiger partial charge in [-0.05, 0) is 48.2 Å². The van der Waals surface area contributed by atoms with E-state index in [1.54, 1.807) is 6.20 Å². The van der Waals surface area contributed by atoms with Gasteiger partial charge in [0, 0.05) is 18.0 Å². The average Bonchev–Trinajstić information content (AvgIpc) is 3.36. The van der Waals surface area contributed by atoms with Crippen LogP contribution < -0.4 is 14.8 Å². The maximum absolute atomic E-state index is 12.7. The molecule has 0 radical (unpaired) electrons. The van der Waals surface area contributed by atoms with E-state index in [0.29, 0.717) is 15.8 Å². The zero-order chi connectivity index (χ0) is 23.3. The van der Waals surface area contributed by atoms with Crippen molar-refractivity contribution < 1.29 is 19.4 Å². The number of benzene rings is 2. The van der Waals surface area contributed by atoms with Crippen LogP contribution >= 0.6 is 11.3 Å². The summed E-state index contributed by atoms with van der Waals surface area (Å²) in [6.45, 7) is -0.198. The second-order valence-corrected chi connectivity index (χ2v) is 8.91. The number of carbonyl (C=O) groups is 1. The van der Waals surface area contributed by atoms with E-state index in [0.717, 1.165) is 46.6 Å². The van der Waals surface area contributed by atoms with E-state index in [-0.39, 0.29) is 18.6 Å². The molecule has 1 aliphatic heterocycles. The van der Waals surface area contributed by atoms with E-state index in [9.17, 15) is 9.90 Å². The predicted molar refractivity (Wildman–Crippen MR) is 128 cm³/mol. The monoisotopic (exact) mass is 473 g/mol. The Labute approximate surface area is 201 Å². The number of rotatable bonds is 7. The molecule has 172 valence electrons. The molecule has 7 nitrogen and oxygen atoms in total. The van der Waals surface area contributed by atoms with Crippen LogP contribution in [0.3, 0.4) is 0 Å². The highest BCUT2D eigenvalue weighted by molar-refractivity contribution is 7.15. The van der Waals surface area contributed by atoms with Crippen molar-refractivity contribution in [1.29, 1.82) is 0 Å². The fourth-order valence-corrected chi connectivity index (χ4v) is 4.58. The van der Waals surface area contributed by atoms with Crippen molar-refractivity contribution in [1.82, 2.24) is 15.3 Å². The van der Waals surface area contributed by atoms with E-state index in [1.165, 1.54) is 6.20 Å². The zero-order valence-corrected chi connectivity index (χ0v) is 19.1. The first-order chi connectivity index (χ1) is 16.7. The normalized spacial score (nSPS) is 15.6. The van der Waals surface area contributed by atoms with Gasteiger partial charge >= 0.3 is 0 Å². The Hall–Kier alpha value is -3.75. The highest BCUT2D eigenvalue weighted by Gasteiger charge is 2.22. The molecule has 0 bridgehead atoms. The van der Waals surface area contributed by atoms with Crippen LogP contribution in [0.25, 0.3) is 0 Å². The Bertz CT molecular complexity index is 1260. The fraction of sp³-hybridized carbons (Fsp3) is 0.192. The number of ether oxygens (including phenoxy) is 2.